The van der Waals surface area contributed by atoms with E-state index in [1.807, 2.05) is 24.3 Å². The molecule has 1 aliphatic rings. The standard InChI is InChI=1S/C22H31N5O/c1-15(2)14-27-9-7-17(8-10-27)22(28)25-21-12-20-11-18(16(3)26(4)23)5-6-19(20)13-24-21/h5-6,11-13,15,17H,3,7-10,14,23H2,1-2,4H3,(H,24,25,28). The number of carbonyl (C=O) groups is 1. The average molecular weight is 382 g/mol. The minimum Gasteiger partial charge on any atom is -0.314 e. The van der Waals surface area contributed by atoms with Gasteiger partial charge < -0.3 is 15.2 Å². The summed E-state index contributed by atoms with van der Waals surface area (Å²) < 4.78 is 0. The number of hydrogen-bond donors (Lipinski definition) is 2. The zero-order valence-corrected chi connectivity index (χ0v) is 17.1. The Bertz CT molecular complexity index is 853. The largest absolute Gasteiger partial charge is 0.314 e. The molecule has 0 unspecified atom stereocenters. The molecule has 1 aliphatic heterocycles. The van der Waals surface area contributed by atoms with E-state index in [9.17, 15) is 4.79 Å². The van der Waals surface area contributed by atoms with Crippen LogP contribution in [0.2, 0.25) is 0 Å². The van der Waals surface area contributed by atoms with Gasteiger partial charge in [-0.2, -0.15) is 0 Å². The van der Waals surface area contributed by atoms with Crippen LogP contribution >= 0.6 is 0 Å². The Kier molecular flexibility index (Phi) is 6.31. The number of aromatic nitrogens is 1. The zero-order valence-electron chi connectivity index (χ0n) is 17.1. The summed E-state index contributed by atoms with van der Waals surface area (Å²) in [4.78, 5) is 19.5. The molecule has 0 aliphatic carbocycles. The summed E-state index contributed by atoms with van der Waals surface area (Å²) in [7, 11) is 1.76. The van der Waals surface area contributed by atoms with Crippen molar-refractivity contribution < 1.29 is 4.79 Å². The number of anilines is 1. The number of benzene rings is 1. The van der Waals surface area contributed by atoms with E-state index in [-0.39, 0.29) is 11.8 Å². The predicted molar refractivity (Wildman–Crippen MR) is 115 cm³/mol. The van der Waals surface area contributed by atoms with Crippen LogP contribution < -0.4 is 11.2 Å². The van der Waals surface area contributed by atoms with Crippen LogP contribution in [0.1, 0.15) is 32.3 Å². The Morgan fingerprint density at radius 2 is 2.04 bits per heavy atom. The van der Waals surface area contributed by atoms with Crippen LogP contribution in [0.3, 0.4) is 0 Å². The molecule has 28 heavy (non-hydrogen) atoms. The quantitative estimate of drug-likeness (QED) is 0.593. The second-order valence-electron chi connectivity index (χ2n) is 8.15. The summed E-state index contributed by atoms with van der Waals surface area (Å²) in [5, 5.41) is 6.51. The third-order valence-electron chi connectivity index (χ3n) is 5.31. The Balaban J connectivity index is 1.67. The number of amides is 1. The molecule has 3 N–H and O–H groups in total. The summed E-state index contributed by atoms with van der Waals surface area (Å²) in [5.74, 6) is 7.16. The van der Waals surface area contributed by atoms with Crippen molar-refractivity contribution in [2.75, 3.05) is 32.0 Å². The van der Waals surface area contributed by atoms with Crippen LogP contribution in [0.25, 0.3) is 16.5 Å². The molecule has 0 bridgehead atoms. The van der Waals surface area contributed by atoms with Crippen molar-refractivity contribution in [1.29, 1.82) is 0 Å². The molecule has 0 spiro atoms. The molecule has 6 heteroatoms. The number of nitrogens with two attached hydrogens (primary N) is 1. The van der Waals surface area contributed by atoms with Gasteiger partial charge in [0.05, 0.1) is 5.70 Å². The van der Waals surface area contributed by atoms with Crippen LogP contribution in [0.15, 0.2) is 37.0 Å². The predicted octanol–water partition coefficient (Wildman–Crippen LogP) is 3.32. The molecular weight excluding hydrogens is 350 g/mol. The van der Waals surface area contributed by atoms with E-state index in [0.29, 0.717) is 11.7 Å². The molecule has 0 saturated carbocycles. The van der Waals surface area contributed by atoms with E-state index in [0.717, 1.165) is 54.5 Å². The maximum Gasteiger partial charge on any atom is 0.228 e. The Hall–Kier alpha value is -2.44. The maximum atomic E-state index is 12.7. The summed E-state index contributed by atoms with van der Waals surface area (Å²) in [6.07, 6.45) is 3.59. The summed E-state index contributed by atoms with van der Waals surface area (Å²) in [5.41, 5.74) is 1.68. The van der Waals surface area contributed by atoms with Crippen molar-refractivity contribution in [2.45, 2.75) is 26.7 Å². The SMILES string of the molecule is C=C(c1ccc2cnc(NC(=O)C3CCN(CC(C)C)CC3)cc2c1)N(C)N. The molecule has 2 aromatic rings. The van der Waals surface area contributed by atoms with Crippen LogP contribution in [0.4, 0.5) is 5.82 Å². The highest BCUT2D eigenvalue weighted by molar-refractivity contribution is 5.94. The van der Waals surface area contributed by atoms with Gasteiger partial charge in [0, 0.05) is 31.1 Å². The van der Waals surface area contributed by atoms with Gasteiger partial charge in [-0.1, -0.05) is 32.6 Å². The average Bonchev–Trinajstić information content (AvgIpc) is 2.66. The second-order valence-corrected chi connectivity index (χ2v) is 8.15. The molecule has 0 atom stereocenters. The van der Waals surface area contributed by atoms with Crippen LogP contribution in [-0.2, 0) is 4.79 Å². The lowest BCUT2D eigenvalue weighted by atomic mass is 9.95. The fraction of sp³-hybridized carbons (Fsp3) is 0.455. The third kappa shape index (κ3) is 4.88. The molecular formula is C22H31N5O. The molecule has 1 aromatic carbocycles. The van der Waals surface area contributed by atoms with Crippen molar-refractivity contribution in [3.8, 4) is 0 Å². The van der Waals surface area contributed by atoms with Gasteiger partial charge in [-0.25, -0.2) is 10.8 Å². The molecule has 0 radical (unpaired) electrons. The second kappa shape index (κ2) is 8.71. The van der Waals surface area contributed by atoms with Crippen molar-refractivity contribution >= 4 is 28.2 Å². The maximum absolute atomic E-state index is 12.7. The van der Waals surface area contributed by atoms with Gasteiger partial charge >= 0.3 is 0 Å². The van der Waals surface area contributed by atoms with E-state index in [2.05, 4.69) is 35.6 Å². The van der Waals surface area contributed by atoms with Crippen LogP contribution in [0.5, 0.6) is 0 Å². The van der Waals surface area contributed by atoms with Crippen molar-refractivity contribution in [1.82, 2.24) is 14.9 Å². The minimum absolute atomic E-state index is 0.0536. The Morgan fingerprint density at radius 3 is 2.68 bits per heavy atom. The van der Waals surface area contributed by atoms with E-state index in [1.54, 1.807) is 13.2 Å². The summed E-state index contributed by atoms with van der Waals surface area (Å²) >= 11 is 0. The number of piperidine rings is 1. The summed E-state index contributed by atoms with van der Waals surface area (Å²) in [6, 6.07) is 7.89. The van der Waals surface area contributed by atoms with Crippen LogP contribution in [0, 0.1) is 11.8 Å². The summed E-state index contributed by atoms with van der Waals surface area (Å²) in [6.45, 7) is 11.5. The highest BCUT2D eigenvalue weighted by atomic mass is 16.1. The first kappa shape index (κ1) is 20.3. The topological polar surface area (TPSA) is 74.5 Å². The Morgan fingerprint density at radius 1 is 1.32 bits per heavy atom. The fourth-order valence-corrected chi connectivity index (χ4v) is 3.71. The molecule has 3 rings (SSSR count). The minimum atomic E-state index is 0.0536. The van der Waals surface area contributed by atoms with Gasteiger partial charge in [-0.3, -0.25) is 4.79 Å². The number of hydrazine groups is 1. The monoisotopic (exact) mass is 381 g/mol. The van der Waals surface area contributed by atoms with Crippen molar-refractivity contribution in [3.05, 3.63) is 42.6 Å². The first-order valence-electron chi connectivity index (χ1n) is 9.94. The first-order chi connectivity index (χ1) is 13.3. The number of pyridine rings is 1. The van der Waals surface area contributed by atoms with Gasteiger partial charge in [-0.15, -0.1) is 0 Å². The van der Waals surface area contributed by atoms with Crippen LogP contribution in [-0.4, -0.2) is 47.5 Å². The van der Waals surface area contributed by atoms with E-state index in [4.69, 9.17) is 5.84 Å². The number of nitrogens with one attached hydrogen (secondary N) is 1. The van der Waals surface area contributed by atoms with Gasteiger partial charge in [-0.05, 0) is 54.9 Å². The number of likely N-dealkylation sites (tertiary alicyclic amines) is 1. The highest BCUT2D eigenvalue weighted by Crippen LogP contribution is 2.24. The smallest absolute Gasteiger partial charge is 0.228 e. The van der Waals surface area contributed by atoms with E-state index >= 15 is 0 Å². The number of carbonyl (C=O) groups excluding carboxylic acids is 1. The number of fused-ring (bicyclic) bond motifs is 1. The molecule has 1 aromatic heterocycles. The molecule has 6 nitrogen and oxygen atoms in total. The van der Waals surface area contributed by atoms with E-state index in [1.165, 1.54) is 5.01 Å². The number of rotatable bonds is 6. The molecule has 1 fully saturated rings. The highest BCUT2D eigenvalue weighted by Gasteiger charge is 2.25. The number of nitrogens with zero attached hydrogens (tertiary/aromatic N) is 3. The van der Waals surface area contributed by atoms with Gasteiger partial charge in [0.2, 0.25) is 5.91 Å². The molecule has 150 valence electrons. The zero-order chi connectivity index (χ0) is 20.3. The molecule has 1 amide bonds. The molecule has 1 saturated heterocycles. The third-order valence-corrected chi connectivity index (χ3v) is 5.31. The number of hydrogen-bond acceptors (Lipinski definition) is 5. The lowest BCUT2D eigenvalue weighted by Crippen LogP contribution is -2.39. The van der Waals surface area contributed by atoms with Crippen molar-refractivity contribution in [2.24, 2.45) is 17.7 Å². The van der Waals surface area contributed by atoms with E-state index < -0.39 is 0 Å². The fourth-order valence-electron chi connectivity index (χ4n) is 3.71. The molecule has 2 heterocycles. The van der Waals surface area contributed by atoms with Gasteiger partial charge in [0.1, 0.15) is 5.82 Å². The lowest BCUT2D eigenvalue weighted by molar-refractivity contribution is -0.121. The first-order valence-corrected chi connectivity index (χ1v) is 9.94. The Labute approximate surface area is 167 Å². The van der Waals surface area contributed by atoms with Gasteiger partial charge in [0.15, 0.2) is 0 Å². The van der Waals surface area contributed by atoms with Gasteiger partial charge in [0.25, 0.3) is 0 Å². The normalized spacial score (nSPS) is 15.8. The lowest BCUT2D eigenvalue weighted by Gasteiger charge is -2.32. The van der Waals surface area contributed by atoms with Crippen molar-refractivity contribution in [3.63, 3.8) is 0 Å².